The quantitative estimate of drug-likeness (QED) is 0.783. The highest BCUT2D eigenvalue weighted by Crippen LogP contribution is 2.28. The van der Waals surface area contributed by atoms with Crippen LogP contribution in [-0.4, -0.2) is 30.3 Å². The summed E-state index contributed by atoms with van der Waals surface area (Å²) in [5, 5.41) is 0. The van der Waals surface area contributed by atoms with E-state index in [0.717, 1.165) is 38.1 Å². The van der Waals surface area contributed by atoms with Crippen molar-refractivity contribution in [2.24, 2.45) is 5.41 Å². The molecule has 1 heterocycles. The van der Waals surface area contributed by atoms with E-state index in [0.29, 0.717) is 0 Å². The van der Waals surface area contributed by atoms with Crippen molar-refractivity contribution in [1.82, 2.24) is 4.90 Å². The van der Waals surface area contributed by atoms with Crippen LogP contribution < -0.4 is 0 Å². The minimum Gasteiger partial charge on any atom is -0.295 e. The van der Waals surface area contributed by atoms with Crippen molar-refractivity contribution < 1.29 is 13.6 Å². The highest BCUT2D eigenvalue weighted by atomic mass is 19.2. The molecular weight excluding hydrogens is 248 g/mol. The van der Waals surface area contributed by atoms with Gasteiger partial charge in [0.25, 0.3) is 0 Å². The van der Waals surface area contributed by atoms with Gasteiger partial charge in [-0.25, -0.2) is 8.78 Å². The number of ketones is 1. The number of rotatable bonds is 3. The molecule has 1 saturated heterocycles. The number of halogens is 2. The Morgan fingerprint density at radius 2 is 2.05 bits per heavy atom. The Labute approximate surface area is 112 Å². The van der Waals surface area contributed by atoms with Crippen molar-refractivity contribution in [3.05, 3.63) is 35.4 Å². The summed E-state index contributed by atoms with van der Waals surface area (Å²) in [5.41, 5.74) is 0.453. The first-order valence-electron chi connectivity index (χ1n) is 6.58. The van der Waals surface area contributed by atoms with Gasteiger partial charge in [0.05, 0.1) is 6.54 Å². The molecule has 1 aliphatic rings. The van der Waals surface area contributed by atoms with Crippen LogP contribution >= 0.6 is 0 Å². The first kappa shape index (κ1) is 14.1. The van der Waals surface area contributed by atoms with Crippen LogP contribution in [0, 0.1) is 17.0 Å². The average molecular weight is 267 g/mol. The molecule has 2 nitrogen and oxygen atoms in total. The summed E-state index contributed by atoms with van der Waals surface area (Å²) in [5.74, 6) is -2.04. The van der Waals surface area contributed by atoms with E-state index in [1.807, 2.05) is 0 Å². The molecule has 0 aromatic heterocycles. The molecule has 0 amide bonds. The zero-order chi connectivity index (χ0) is 14.0. The van der Waals surface area contributed by atoms with Crippen LogP contribution in [0.1, 0.15) is 37.0 Å². The van der Waals surface area contributed by atoms with Gasteiger partial charge in [-0.15, -0.1) is 0 Å². The fraction of sp³-hybridized carbons (Fsp3) is 0.533. The molecule has 0 N–H and O–H groups in total. The topological polar surface area (TPSA) is 20.3 Å². The van der Waals surface area contributed by atoms with E-state index in [9.17, 15) is 13.6 Å². The summed E-state index contributed by atoms with van der Waals surface area (Å²) in [7, 11) is 0. The number of likely N-dealkylation sites (tertiary alicyclic amines) is 1. The van der Waals surface area contributed by atoms with Crippen LogP contribution in [0.5, 0.6) is 0 Å². The first-order valence-corrected chi connectivity index (χ1v) is 6.58. The highest BCUT2D eigenvalue weighted by molar-refractivity contribution is 5.97. The number of benzene rings is 1. The number of carbonyl (C=O) groups is 1. The van der Waals surface area contributed by atoms with E-state index in [1.165, 1.54) is 6.07 Å². The van der Waals surface area contributed by atoms with Crippen molar-refractivity contribution in [3.63, 3.8) is 0 Å². The van der Waals surface area contributed by atoms with Crippen molar-refractivity contribution in [2.45, 2.75) is 26.7 Å². The molecule has 0 spiro atoms. The number of hydrogen-bond acceptors (Lipinski definition) is 2. The maximum absolute atomic E-state index is 13.1. The summed E-state index contributed by atoms with van der Waals surface area (Å²) >= 11 is 0. The summed E-state index contributed by atoms with van der Waals surface area (Å²) < 4.78 is 25.9. The van der Waals surface area contributed by atoms with Crippen LogP contribution in [0.25, 0.3) is 0 Å². The largest absolute Gasteiger partial charge is 0.295 e. The molecule has 0 unspecified atom stereocenters. The molecular formula is C15H19F2NO. The van der Waals surface area contributed by atoms with E-state index < -0.39 is 11.6 Å². The minimum absolute atomic E-state index is 0.156. The highest BCUT2D eigenvalue weighted by Gasteiger charge is 2.27. The molecule has 1 fully saturated rings. The van der Waals surface area contributed by atoms with E-state index in [2.05, 4.69) is 18.7 Å². The molecule has 4 heteroatoms. The second kappa shape index (κ2) is 5.37. The lowest BCUT2D eigenvalue weighted by molar-refractivity contribution is 0.0809. The first-order chi connectivity index (χ1) is 8.87. The molecule has 1 aliphatic heterocycles. The van der Waals surface area contributed by atoms with Gasteiger partial charge in [0.15, 0.2) is 17.4 Å². The molecule has 0 saturated carbocycles. The molecule has 0 atom stereocenters. The zero-order valence-electron chi connectivity index (χ0n) is 11.4. The van der Waals surface area contributed by atoms with Gasteiger partial charge in [-0.2, -0.15) is 0 Å². The summed E-state index contributed by atoms with van der Waals surface area (Å²) in [6.45, 7) is 6.39. The Hall–Kier alpha value is -1.29. The van der Waals surface area contributed by atoms with Crippen molar-refractivity contribution in [1.29, 1.82) is 0 Å². The molecule has 2 rings (SSSR count). The normalized spacial score (nSPS) is 19.4. The second-order valence-electron chi connectivity index (χ2n) is 6.03. The number of piperidine rings is 1. The van der Waals surface area contributed by atoms with Crippen molar-refractivity contribution in [3.8, 4) is 0 Å². The Morgan fingerprint density at radius 1 is 1.32 bits per heavy atom. The molecule has 0 bridgehead atoms. The lowest BCUT2D eigenvalue weighted by Gasteiger charge is -2.37. The fourth-order valence-electron chi connectivity index (χ4n) is 2.64. The zero-order valence-corrected chi connectivity index (χ0v) is 11.4. The molecule has 0 aliphatic carbocycles. The number of carbonyl (C=O) groups excluding carboxylic acids is 1. The maximum atomic E-state index is 13.1. The summed E-state index contributed by atoms with van der Waals surface area (Å²) in [6.07, 6.45) is 2.22. The predicted molar refractivity (Wildman–Crippen MR) is 70.1 cm³/mol. The molecule has 104 valence electrons. The van der Waals surface area contributed by atoms with E-state index in [-0.39, 0.29) is 23.3 Å². The van der Waals surface area contributed by atoms with Gasteiger partial charge >= 0.3 is 0 Å². The van der Waals surface area contributed by atoms with Gasteiger partial charge in [-0.3, -0.25) is 9.69 Å². The molecule has 0 radical (unpaired) electrons. The SMILES string of the molecule is CC1(C)CCCN(CC(=O)c2ccc(F)c(F)c2)C1. The van der Waals surface area contributed by atoms with Gasteiger partial charge in [0, 0.05) is 12.1 Å². The summed E-state index contributed by atoms with van der Waals surface area (Å²) in [4.78, 5) is 14.1. The van der Waals surface area contributed by atoms with Gasteiger partial charge in [-0.1, -0.05) is 13.8 Å². The third kappa shape index (κ3) is 3.60. The molecule has 19 heavy (non-hydrogen) atoms. The molecule has 1 aromatic carbocycles. The lowest BCUT2D eigenvalue weighted by Crippen LogP contribution is -2.42. The minimum atomic E-state index is -0.968. The smallest absolute Gasteiger partial charge is 0.176 e. The van der Waals surface area contributed by atoms with Crippen LogP contribution in [-0.2, 0) is 0 Å². The van der Waals surface area contributed by atoms with E-state index >= 15 is 0 Å². The van der Waals surface area contributed by atoms with Crippen LogP contribution in [0.15, 0.2) is 18.2 Å². The molecule has 1 aromatic rings. The van der Waals surface area contributed by atoms with Crippen LogP contribution in [0.2, 0.25) is 0 Å². The number of hydrogen-bond donors (Lipinski definition) is 0. The van der Waals surface area contributed by atoms with Gasteiger partial charge < -0.3 is 0 Å². The van der Waals surface area contributed by atoms with Gasteiger partial charge in [-0.05, 0) is 43.0 Å². The lowest BCUT2D eigenvalue weighted by atomic mass is 9.84. The Balaban J connectivity index is 2.02. The third-order valence-corrected chi connectivity index (χ3v) is 3.59. The Bertz CT molecular complexity index is 485. The fourth-order valence-corrected chi connectivity index (χ4v) is 2.64. The number of nitrogens with zero attached hydrogens (tertiary/aromatic N) is 1. The van der Waals surface area contributed by atoms with Crippen LogP contribution in [0.4, 0.5) is 8.78 Å². The summed E-state index contributed by atoms with van der Waals surface area (Å²) in [6, 6.07) is 3.32. The van der Waals surface area contributed by atoms with Crippen LogP contribution in [0.3, 0.4) is 0 Å². The number of Topliss-reactive ketones (excluding diaryl/α,β-unsaturated/α-hetero) is 1. The predicted octanol–water partition coefficient (Wildman–Crippen LogP) is 3.27. The van der Waals surface area contributed by atoms with Gasteiger partial charge in [0.2, 0.25) is 0 Å². The van der Waals surface area contributed by atoms with E-state index in [1.54, 1.807) is 0 Å². The van der Waals surface area contributed by atoms with Crippen molar-refractivity contribution in [2.75, 3.05) is 19.6 Å². The Morgan fingerprint density at radius 3 is 2.68 bits per heavy atom. The Kier molecular flexibility index (Phi) is 3.99. The second-order valence-corrected chi connectivity index (χ2v) is 6.03. The monoisotopic (exact) mass is 267 g/mol. The maximum Gasteiger partial charge on any atom is 0.176 e. The third-order valence-electron chi connectivity index (χ3n) is 3.59. The van der Waals surface area contributed by atoms with Gasteiger partial charge in [0.1, 0.15) is 0 Å². The van der Waals surface area contributed by atoms with Crippen molar-refractivity contribution >= 4 is 5.78 Å². The van der Waals surface area contributed by atoms with E-state index in [4.69, 9.17) is 0 Å². The average Bonchev–Trinajstić information content (AvgIpc) is 2.31. The standard InChI is InChI=1S/C15H19F2NO/c1-15(2)6-3-7-18(10-15)9-14(19)11-4-5-12(16)13(17)8-11/h4-5,8H,3,6-7,9-10H2,1-2H3.